The Bertz CT molecular complexity index is 428. The molecule has 1 aliphatic heterocycles. The maximum Gasteiger partial charge on any atom is 0.250 e. The quantitative estimate of drug-likeness (QED) is 0.743. The second-order valence-corrected chi connectivity index (χ2v) is 5.27. The van der Waals surface area contributed by atoms with Gasteiger partial charge in [0, 0.05) is 19.3 Å². The van der Waals surface area contributed by atoms with E-state index in [1.807, 2.05) is 12.1 Å². The number of hydrogen-bond acceptors (Lipinski definition) is 4. The number of benzene rings is 1. The predicted molar refractivity (Wildman–Crippen MR) is 82.3 cm³/mol. The van der Waals surface area contributed by atoms with Gasteiger partial charge in [-0.3, -0.25) is 9.69 Å². The van der Waals surface area contributed by atoms with Gasteiger partial charge in [-0.2, -0.15) is 0 Å². The highest BCUT2D eigenvalue weighted by molar-refractivity contribution is 5.91. The molecule has 1 aromatic rings. The third-order valence-electron chi connectivity index (χ3n) is 3.51. The summed E-state index contributed by atoms with van der Waals surface area (Å²) >= 11 is 0. The number of anilines is 1. The lowest BCUT2D eigenvalue weighted by molar-refractivity contribution is -0.121. The van der Waals surface area contributed by atoms with Crippen molar-refractivity contribution in [3.63, 3.8) is 0 Å². The number of amides is 1. The molecule has 0 bridgehead atoms. The lowest BCUT2D eigenvalue weighted by Crippen LogP contribution is -2.20. The molecule has 0 saturated carbocycles. The average Bonchev–Trinajstić information content (AvgIpc) is 2.99. The van der Waals surface area contributed by atoms with Crippen LogP contribution in [0, 0.1) is 0 Å². The van der Waals surface area contributed by atoms with Gasteiger partial charge in [0.25, 0.3) is 0 Å². The summed E-state index contributed by atoms with van der Waals surface area (Å²) in [4.78, 5) is 14.1. The summed E-state index contributed by atoms with van der Waals surface area (Å²) < 4.78 is 10.0. The van der Waals surface area contributed by atoms with Gasteiger partial charge in [0.05, 0.1) is 13.2 Å². The van der Waals surface area contributed by atoms with E-state index in [0.717, 1.165) is 12.2 Å². The first-order valence-electron chi connectivity index (χ1n) is 7.46. The van der Waals surface area contributed by atoms with E-state index in [4.69, 9.17) is 9.47 Å². The highest BCUT2D eigenvalue weighted by Crippen LogP contribution is 2.15. The van der Waals surface area contributed by atoms with E-state index in [1.165, 1.54) is 31.5 Å². The Labute approximate surface area is 126 Å². The molecule has 0 aromatic heterocycles. The van der Waals surface area contributed by atoms with E-state index in [0.29, 0.717) is 13.2 Å². The van der Waals surface area contributed by atoms with Gasteiger partial charge in [0.1, 0.15) is 6.61 Å². The van der Waals surface area contributed by atoms with Gasteiger partial charge < -0.3 is 14.8 Å². The Morgan fingerprint density at radius 2 is 1.90 bits per heavy atom. The second kappa shape index (κ2) is 8.77. The van der Waals surface area contributed by atoms with Crippen LogP contribution >= 0.6 is 0 Å². The smallest absolute Gasteiger partial charge is 0.250 e. The Balaban J connectivity index is 1.72. The molecule has 21 heavy (non-hydrogen) atoms. The van der Waals surface area contributed by atoms with Crippen molar-refractivity contribution in [3.8, 4) is 0 Å². The number of carbonyl (C=O) groups is 1. The maximum absolute atomic E-state index is 11.7. The molecule has 1 N–H and O–H groups in total. The average molecular weight is 292 g/mol. The Morgan fingerprint density at radius 3 is 2.57 bits per heavy atom. The molecule has 0 unspecified atom stereocenters. The lowest BCUT2D eigenvalue weighted by atomic mass is 10.2. The van der Waals surface area contributed by atoms with Crippen LogP contribution in [0.2, 0.25) is 0 Å². The monoisotopic (exact) mass is 292 g/mol. The summed E-state index contributed by atoms with van der Waals surface area (Å²) in [5.41, 5.74) is 2.09. The van der Waals surface area contributed by atoms with E-state index in [2.05, 4.69) is 22.3 Å². The van der Waals surface area contributed by atoms with Crippen LogP contribution in [0.5, 0.6) is 0 Å². The fraction of sp³-hybridized carbons (Fsp3) is 0.562. The third-order valence-corrected chi connectivity index (χ3v) is 3.51. The fourth-order valence-electron chi connectivity index (χ4n) is 2.40. The van der Waals surface area contributed by atoms with Gasteiger partial charge in [-0.15, -0.1) is 0 Å². The van der Waals surface area contributed by atoms with Crippen LogP contribution in [0.1, 0.15) is 18.4 Å². The number of carbonyl (C=O) groups excluding carboxylic acids is 1. The third kappa shape index (κ3) is 5.83. The molecule has 0 spiro atoms. The molecule has 1 aliphatic rings. The minimum absolute atomic E-state index is 0.0545. The van der Waals surface area contributed by atoms with Crippen LogP contribution < -0.4 is 5.32 Å². The first-order valence-corrected chi connectivity index (χ1v) is 7.46. The molecule has 1 saturated heterocycles. The van der Waals surface area contributed by atoms with Crippen molar-refractivity contribution in [3.05, 3.63) is 29.8 Å². The number of hydrogen-bond donors (Lipinski definition) is 1. The van der Waals surface area contributed by atoms with Crippen LogP contribution in [-0.4, -0.2) is 50.8 Å². The number of likely N-dealkylation sites (tertiary alicyclic amines) is 1. The highest BCUT2D eigenvalue weighted by Gasteiger charge is 2.11. The van der Waals surface area contributed by atoms with Crippen molar-refractivity contribution < 1.29 is 14.3 Å². The fourth-order valence-corrected chi connectivity index (χ4v) is 2.40. The predicted octanol–water partition coefficient (Wildman–Crippen LogP) is 1.88. The summed E-state index contributed by atoms with van der Waals surface area (Å²) in [6, 6.07) is 8.02. The lowest BCUT2D eigenvalue weighted by Gasteiger charge is -2.14. The van der Waals surface area contributed by atoms with E-state index >= 15 is 0 Å². The van der Waals surface area contributed by atoms with E-state index in [-0.39, 0.29) is 12.5 Å². The molecule has 0 aliphatic carbocycles. The zero-order valence-electron chi connectivity index (χ0n) is 12.6. The molecule has 1 amide bonds. The van der Waals surface area contributed by atoms with E-state index in [9.17, 15) is 4.79 Å². The van der Waals surface area contributed by atoms with Gasteiger partial charge in [-0.25, -0.2) is 0 Å². The standard InChI is InChI=1S/C16H24N2O3/c1-20-10-11-21-13-16(19)17-15-6-4-14(5-7-15)12-18-8-2-3-9-18/h4-7H,2-3,8-13H2,1H3,(H,17,19). The number of ether oxygens (including phenoxy) is 2. The second-order valence-electron chi connectivity index (χ2n) is 5.27. The van der Waals surface area contributed by atoms with E-state index < -0.39 is 0 Å². The van der Waals surface area contributed by atoms with Crippen molar-refractivity contribution in [1.82, 2.24) is 4.90 Å². The normalized spacial score (nSPS) is 15.3. The van der Waals surface area contributed by atoms with Crippen molar-refractivity contribution >= 4 is 11.6 Å². The van der Waals surface area contributed by atoms with Gasteiger partial charge >= 0.3 is 0 Å². The van der Waals surface area contributed by atoms with Crippen molar-refractivity contribution in [2.24, 2.45) is 0 Å². The molecule has 1 aromatic carbocycles. The van der Waals surface area contributed by atoms with Gasteiger partial charge in [-0.1, -0.05) is 12.1 Å². The number of rotatable bonds is 8. The molecule has 1 heterocycles. The minimum atomic E-state index is -0.140. The Kier molecular flexibility index (Phi) is 6.66. The first-order chi connectivity index (χ1) is 10.3. The Hall–Kier alpha value is -1.43. The van der Waals surface area contributed by atoms with Crippen LogP contribution in [0.4, 0.5) is 5.69 Å². The van der Waals surface area contributed by atoms with Crippen molar-refractivity contribution in [1.29, 1.82) is 0 Å². The largest absolute Gasteiger partial charge is 0.382 e. The van der Waals surface area contributed by atoms with Crippen LogP contribution in [0.15, 0.2) is 24.3 Å². The zero-order chi connectivity index (χ0) is 14.9. The van der Waals surface area contributed by atoms with E-state index in [1.54, 1.807) is 7.11 Å². The first kappa shape index (κ1) is 15.9. The molecule has 1 fully saturated rings. The molecular weight excluding hydrogens is 268 g/mol. The molecule has 116 valence electrons. The molecule has 5 nitrogen and oxygen atoms in total. The van der Waals surface area contributed by atoms with Gasteiger partial charge in [0.2, 0.25) is 5.91 Å². The summed E-state index contributed by atoms with van der Waals surface area (Å²) in [7, 11) is 1.60. The zero-order valence-corrected chi connectivity index (χ0v) is 12.6. The van der Waals surface area contributed by atoms with Crippen LogP contribution in [0.3, 0.4) is 0 Å². The molecule has 5 heteroatoms. The molecule has 2 rings (SSSR count). The highest BCUT2D eigenvalue weighted by atomic mass is 16.5. The van der Waals surface area contributed by atoms with Crippen LogP contribution in [-0.2, 0) is 20.8 Å². The topological polar surface area (TPSA) is 50.8 Å². The van der Waals surface area contributed by atoms with Gasteiger partial charge in [0.15, 0.2) is 0 Å². The van der Waals surface area contributed by atoms with Crippen LogP contribution in [0.25, 0.3) is 0 Å². The molecule has 0 atom stereocenters. The summed E-state index contributed by atoms with van der Waals surface area (Å²) in [6.07, 6.45) is 2.61. The molecule has 0 radical (unpaired) electrons. The molecular formula is C16H24N2O3. The summed E-state index contributed by atoms with van der Waals surface area (Å²) in [5, 5.41) is 2.82. The number of methoxy groups -OCH3 is 1. The maximum atomic E-state index is 11.7. The number of nitrogens with one attached hydrogen (secondary N) is 1. The number of nitrogens with zero attached hydrogens (tertiary/aromatic N) is 1. The van der Waals surface area contributed by atoms with Gasteiger partial charge in [-0.05, 0) is 43.6 Å². The summed E-state index contributed by atoms with van der Waals surface area (Å²) in [5.74, 6) is -0.140. The Morgan fingerprint density at radius 1 is 1.19 bits per heavy atom. The summed E-state index contributed by atoms with van der Waals surface area (Å²) in [6.45, 7) is 4.36. The van der Waals surface area contributed by atoms with Crippen molar-refractivity contribution in [2.75, 3.05) is 45.3 Å². The minimum Gasteiger partial charge on any atom is -0.382 e. The SMILES string of the molecule is COCCOCC(=O)Nc1ccc(CN2CCCC2)cc1. The van der Waals surface area contributed by atoms with Crippen molar-refractivity contribution in [2.45, 2.75) is 19.4 Å².